The second-order valence-corrected chi connectivity index (χ2v) is 11.4. The SMILES string of the molecule is Brc1cccc(-c2ccc(-c3cccc(-c4cc(-c5ccccc5)nc(-c5ccc(-c6ccccc6)cc5)n4)c3)cc2)c1. The van der Waals surface area contributed by atoms with Crippen LogP contribution in [0.2, 0.25) is 0 Å². The Morgan fingerprint density at radius 1 is 0.302 bits per heavy atom. The molecule has 0 aliphatic carbocycles. The predicted octanol–water partition coefficient (Wildman–Crippen LogP) is 11.2. The van der Waals surface area contributed by atoms with E-state index in [0.717, 1.165) is 43.7 Å². The summed E-state index contributed by atoms with van der Waals surface area (Å²) in [6, 6.07) is 57.0. The molecule has 204 valence electrons. The number of benzene rings is 6. The van der Waals surface area contributed by atoms with Gasteiger partial charge in [-0.3, -0.25) is 0 Å². The highest BCUT2D eigenvalue weighted by molar-refractivity contribution is 9.10. The van der Waals surface area contributed by atoms with Crippen molar-refractivity contribution in [3.05, 3.63) is 168 Å². The van der Waals surface area contributed by atoms with Crippen LogP contribution < -0.4 is 0 Å². The lowest BCUT2D eigenvalue weighted by molar-refractivity contribution is 1.18. The molecule has 0 radical (unpaired) electrons. The van der Waals surface area contributed by atoms with Crippen LogP contribution in [0.3, 0.4) is 0 Å². The summed E-state index contributed by atoms with van der Waals surface area (Å²) >= 11 is 3.58. The Morgan fingerprint density at radius 3 is 1.33 bits per heavy atom. The highest BCUT2D eigenvalue weighted by atomic mass is 79.9. The Bertz CT molecular complexity index is 2000. The first-order valence-corrected chi connectivity index (χ1v) is 15.1. The van der Waals surface area contributed by atoms with Gasteiger partial charge in [-0.25, -0.2) is 9.97 Å². The van der Waals surface area contributed by atoms with Gasteiger partial charge in [0.15, 0.2) is 5.82 Å². The zero-order valence-corrected chi connectivity index (χ0v) is 24.9. The van der Waals surface area contributed by atoms with Crippen molar-refractivity contribution in [2.24, 2.45) is 0 Å². The average molecular weight is 616 g/mol. The second-order valence-electron chi connectivity index (χ2n) is 10.4. The van der Waals surface area contributed by atoms with Gasteiger partial charge < -0.3 is 0 Å². The molecule has 3 heteroatoms. The van der Waals surface area contributed by atoms with Crippen molar-refractivity contribution < 1.29 is 0 Å². The van der Waals surface area contributed by atoms with E-state index in [1.54, 1.807) is 0 Å². The fourth-order valence-electron chi connectivity index (χ4n) is 5.30. The summed E-state index contributed by atoms with van der Waals surface area (Å²) in [7, 11) is 0. The molecule has 2 nitrogen and oxygen atoms in total. The van der Waals surface area contributed by atoms with Crippen molar-refractivity contribution in [3.8, 4) is 67.3 Å². The fraction of sp³-hybridized carbons (Fsp3) is 0. The fourth-order valence-corrected chi connectivity index (χ4v) is 5.70. The van der Waals surface area contributed by atoms with Gasteiger partial charge >= 0.3 is 0 Å². The van der Waals surface area contributed by atoms with Crippen LogP contribution >= 0.6 is 15.9 Å². The molecule has 0 unspecified atom stereocenters. The second kappa shape index (κ2) is 12.0. The third-order valence-corrected chi connectivity index (χ3v) is 8.07. The van der Waals surface area contributed by atoms with Gasteiger partial charge in [-0.05, 0) is 57.6 Å². The molecule has 43 heavy (non-hydrogen) atoms. The van der Waals surface area contributed by atoms with E-state index in [2.05, 4.69) is 149 Å². The van der Waals surface area contributed by atoms with Gasteiger partial charge in [0.1, 0.15) is 0 Å². The van der Waals surface area contributed by atoms with Crippen molar-refractivity contribution in [2.45, 2.75) is 0 Å². The van der Waals surface area contributed by atoms with Crippen LogP contribution in [0.5, 0.6) is 0 Å². The molecule has 0 saturated heterocycles. The third-order valence-electron chi connectivity index (χ3n) is 7.58. The zero-order chi connectivity index (χ0) is 29.0. The number of halogens is 1. The quantitative estimate of drug-likeness (QED) is 0.186. The van der Waals surface area contributed by atoms with Crippen LogP contribution in [-0.4, -0.2) is 9.97 Å². The van der Waals surface area contributed by atoms with Crippen molar-refractivity contribution >= 4 is 15.9 Å². The van der Waals surface area contributed by atoms with Gasteiger partial charge in [0.25, 0.3) is 0 Å². The van der Waals surface area contributed by atoms with Crippen LogP contribution in [0.4, 0.5) is 0 Å². The smallest absolute Gasteiger partial charge is 0.160 e. The Balaban J connectivity index is 1.26. The Kier molecular flexibility index (Phi) is 7.47. The molecule has 0 aliphatic rings. The number of rotatable bonds is 6. The lowest BCUT2D eigenvalue weighted by atomic mass is 9.98. The van der Waals surface area contributed by atoms with Crippen LogP contribution in [0.1, 0.15) is 0 Å². The first-order chi connectivity index (χ1) is 21.2. The maximum atomic E-state index is 5.08. The molecule has 0 atom stereocenters. The first kappa shape index (κ1) is 26.8. The van der Waals surface area contributed by atoms with Crippen molar-refractivity contribution in [1.29, 1.82) is 0 Å². The van der Waals surface area contributed by atoms with E-state index in [1.165, 1.54) is 22.3 Å². The Labute approximate surface area is 260 Å². The molecule has 1 heterocycles. The molecule has 7 aromatic rings. The largest absolute Gasteiger partial charge is 0.228 e. The van der Waals surface area contributed by atoms with Gasteiger partial charge in [0.05, 0.1) is 11.4 Å². The van der Waals surface area contributed by atoms with Crippen LogP contribution in [0, 0.1) is 0 Å². The molecular formula is C40H27BrN2. The van der Waals surface area contributed by atoms with Gasteiger partial charge in [-0.15, -0.1) is 0 Å². The number of nitrogens with zero attached hydrogens (tertiary/aromatic N) is 2. The summed E-state index contributed by atoms with van der Waals surface area (Å²) < 4.78 is 1.08. The molecule has 0 saturated carbocycles. The average Bonchev–Trinajstić information content (AvgIpc) is 3.09. The molecule has 0 fully saturated rings. The maximum Gasteiger partial charge on any atom is 0.160 e. The standard InChI is InChI=1S/C40H27BrN2/c41-37-16-8-14-35(26-37)31-19-17-30(18-20-31)34-13-7-15-36(25-34)39-27-38(32-11-5-2-6-12-32)42-40(43-39)33-23-21-29(22-24-33)28-9-3-1-4-10-28/h1-27H. The van der Waals surface area contributed by atoms with Gasteiger partial charge in [0, 0.05) is 21.2 Å². The summed E-state index contributed by atoms with van der Waals surface area (Å²) in [6.45, 7) is 0. The summed E-state index contributed by atoms with van der Waals surface area (Å²) in [6.07, 6.45) is 0. The molecular weight excluding hydrogens is 588 g/mol. The lowest BCUT2D eigenvalue weighted by Gasteiger charge is -2.11. The van der Waals surface area contributed by atoms with Crippen LogP contribution in [0.25, 0.3) is 67.3 Å². The minimum atomic E-state index is 0.708. The first-order valence-electron chi connectivity index (χ1n) is 14.3. The topological polar surface area (TPSA) is 25.8 Å². The summed E-state index contributed by atoms with van der Waals surface area (Å²) in [4.78, 5) is 10.1. The zero-order valence-electron chi connectivity index (χ0n) is 23.4. The van der Waals surface area contributed by atoms with Gasteiger partial charge in [-0.1, -0.05) is 155 Å². The normalized spacial score (nSPS) is 10.9. The molecule has 0 bridgehead atoms. The van der Waals surface area contributed by atoms with Gasteiger partial charge in [0.2, 0.25) is 0 Å². The molecule has 0 aliphatic heterocycles. The molecule has 0 amide bonds. The monoisotopic (exact) mass is 614 g/mol. The number of hydrogen-bond donors (Lipinski definition) is 0. The third kappa shape index (κ3) is 5.94. The number of hydrogen-bond acceptors (Lipinski definition) is 2. The summed E-state index contributed by atoms with van der Waals surface area (Å²) in [5, 5.41) is 0. The number of aromatic nitrogens is 2. The highest BCUT2D eigenvalue weighted by Crippen LogP contribution is 2.32. The molecule has 0 N–H and O–H groups in total. The molecule has 7 rings (SSSR count). The lowest BCUT2D eigenvalue weighted by Crippen LogP contribution is -1.96. The van der Waals surface area contributed by atoms with Gasteiger partial charge in [-0.2, -0.15) is 0 Å². The van der Waals surface area contributed by atoms with Crippen molar-refractivity contribution in [2.75, 3.05) is 0 Å². The summed E-state index contributed by atoms with van der Waals surface area (Å²) in [5.41, 5.74) is 11.9. The van der Waals surface area contributed by atoms with Crippen LogP contribution in [-0.2, 0) is 0 Å². The van der Waals surface area contributed by atoms with E-state index in [0.29, 0.717) is 5.82 Å². The molecule has 1 aromatic heterocycles. The van der Waals surface area contributed by atoms with E-state index in [4.69, 9.17) is 9.97 Å². The minimum Gasteiger partial charge on any atom is -0.228 e. The van der Waals surface area contributed by atoms with Crippen LogP contribution in [0.15, 0.2) is 168 Å². The maximum absolute atomic E-state index is 5.08. The van der Waals surface area contributed by atoms with E-state index in [-0.39, 0.29) is 0 Å². The predicted molar refractivity (Wildman–Crippen MR) is 182 cm³/mol. The van der Waals surface area contributed by atoms with E-state index in [9.17, 15) is 0 Å². The minimum absolute atomic E-state index is 0.708. The Morgan fingerprint density at radius 2 is 0.721 bits per heavy atom. The Hall–Kier alpha value is -5.12. The van der Waals surface area contributed by atoms with E-state index in [1.807, 2.05) is 30.3 Å². The molecule has 6 aromatic carbocycles. The summed E-state index contributed by atoms with van der Waals surface area (Å²) in [5.74, 6) is 0.708. The van der Waals surface area contributed by atoms with E-state index < -0.39 is 0 Å². The van der Waals surface area contributed by atoms with Crippen molar-refractivity contribution in [3.63, 3.8) is 0 Å². The van der Waals surface area contributed by atoms with E-state index >= 15 is 0 Å². The highest BCUT2D eigenvalue weighted by Gasteiger charge is 2.12. The van der Waals surface area contributed by atoms with Crippen molar-refractivity contribution in [1.82, 2.24) is 9.97 Å². The molecule has 0 spiro atoms.